The van der Waals surface area contributed by atoms with E-state index in [9.17, 15) is 43.2 Å². The van der Waals surface area contributed by atoms with Gasteiger partial charge in [-0.2, -0.15) is 0 Å². The SMILES string of the molecule is CCCCCCCCCCCCC(=O)OC[C@H](COP(=O)(O)OC[C@H](O)COP(=O)(O)OC[C@@H](COC(=O)CCCCCCCCCCC(C)C)OC(=O)CCCCCCCCCCCCC(C)C)OC(=O)CCCCCCCCCCC(C)C. The highest BCUT2D eigenvalue weighted by molar-refractivity contribution is 7.47. The van der Waals surface area contributed by atoms with Crippen LogP contribution in [0.1, 0.15) is 325 Å². The molecule has 19 heteroatoms. The number of unbranched alkanes of at least 4 members (excludes halogenated alkanes) is 32. The first kappa shape index (κ1) is 83.1. The summed E-state index contributed by atoms with van der Waals surface area (Å²) in [5, 5.41) is 10.6. The molecular weight excluding hydrogens is 1130 g/mol. The van der Waals surface area contributed by atoms with Crippen LogP contribution in [-0.2, 0) is 65.4 Å². The van der Waals surface area contributed by atoms with Gasteiger partial charge in [0, 0.05) is 25.7 Å². The Labute approximate surface area is 517 Å². The molecule has 17 nitrogen and oxygen atoms in total. The largest absolute Gasteiger partial charge is 0.472 e. The second kappa shape index (κ2) is 57.2. The molecular formula is C66H128O17P2. The van der Waals surface area contributed by atoms with Crippen LogP contribution in [0.4, 0.5) is 0 Å². The van der Waals surface area contributed by atoms with E-state index in [1.54, 1.807) is 0 Å². The molecule has 0 fully saturated rings. The lowest BCUT2D eigenvalue weighted by atomic mass is 10.0. The van der Waals surface area contributed by atoms with Crippen molar-refractivity contribution >= 4 is 39.5 Å². The molecule has 0 saturated heterocycles. The zero-order chi connectivity index (χ0) is 63.1. The summed E-state index contributed by atoms with van der Waals surface area (Å²) in [6.45, 7) is 11.7. The number of esters is 4. The molecule has 0 spiro atoms. The standard InChI is InChI=1S/C66H128O17P2/c1-8-9-10-11-12-13-17-26-33-40-47-63(68)76-53-62(83-66(71)50-43-36-29-22-20-25-32-39-46-59(6)7)56-81-85(74,75)79-52-60(67)51-78-84(72,73)80-55-61(54-77-64(69)48-41-34-27-21-19-24-31-38-45-58(4)5)82-65(70)49-42-35-28-18-15-14-16-23-30-37-44-57(2)3/h57-62,67H,8-56H2,1-7H3,(H,72,73)(H,74,75)/t60-,61-,62-/m1/s1. The van der Waals surface area contributed by atoms with E-state index in [4.69, 9.17) is 37.0 Å². The second-order valence-corrected chi connectivity index (χ2v) is 28.2. The van der Waals surface area contributed by atoms with Gasteiger partial charge in [0.05, 0.1) is 26.4 Å². The first-order chi connectivity index (χ1) is 40.7. The summed E-state index contributed by atoms with van der Waals surface area (Å²) in [6, 6.07) is 0. The van der Waals surface area contributed by atoms with E-state index >= 15 is 0 Å². The number of hydrogen-bond acceptors (Lipinski definition) is 15. The van der Waals surface area contributed by atoms with E-state index in [1.807, 2.05) is 0 Å². The van der Waals surface area contributed by atoms with Crippen molar-refractivity contribution < 1.29 is 80.2 Å². The molecule has 0 radical (unpaired) electrons. The average molecular weight is 1260 g/mol. The lowest BCUT2D eigenvalue weighted by Gasteiger charge is -2.21. The number of rotatable bonds is 64. The quantitative estimate of drug-likeness (QED) is 0.0222. The number of aliphatic hydroxyl groups excluding tert-OH is 1. The average Bonchev–Trinajstić information content (AvgIpc) is 3.45. The summed E-state index contributed by atoms with van der Waals surface area (Å²) >= 11 is 0. The van der Waals surface area contributed by atoms with Crippen molar-refractivity contribution in [3.05, 3.63) is 0 Å². The molecule has 0 aromatic carbocycles. The maximum atomic E-state index is 13.0. The molecule has 85 heavy (non-hydrogen) atoms. The number of phosphoric acid groups is 2. The van der Waals surface area contributed by atoms with Crippen LogP contribution in [0, 0.1) is 17.8 Å². The molecule has 0 rings (SSSR count). The minimum atomic E-state index is -4.95. The predicted octanol–water partition coefficient (Wildman–Crippen LogP) is 18.3. The molecule has 0 heterocycles. The smallest absolute Gasteiger partial charge is 0.462 e. The Morgan fingerprint density at radius 3 is 0.800 bits per heavy atom. The van der Waals surface area contributed by atoms with Gasteiger partial charge in [-0.25, -0.2) is 9.13 Å². The van der Waals surface area contributed by atoms with E-state index in [2.05, 4.69) is 48.5 Å². The Kier molecular flexibility index (Phi) is 55.9. The van der Waals surface area contributed by atoms with Crippen LogP contribution in [0.3, 0.4) is 0 Å². The van der Waals surface area contributed by atoms with Crippen LogP contribution in [0.2, 0.25) is 0 Å². The maximum Gasteiger partial charge on any atom is 0.472 e. The summed E-state index contributed by atoms with van der Waals surface area (Å²) in [7, 11) is -9.89. The van der Waals surface area contributed by atoms with Crippen LogP contribution in [0.5, 0.6) is 0 Å². The number of hydrogen-bond donors (Lipinski definition) is 3. The zero-order valence-corrected chi connectivity index (χ0v) is 56.9. The van der Waals surface area contributed by atoms with Crippen molar-refractivity contribution in [1.29, 1.82) is 0 Å². The number of aliphatic hydroxyl groups is 1. The molecule has 0 aliphatic carbocycles. The van der Waals surface area contributed by atoms with Gasteiger partial charge in [-0.05, 0) is 43.4 Å². The van der Waals surface area contributed by atoms with Gasteiger partial charge in [-0.3, -0.25) is 37.3 Å². The van der Waals surface area contributed by atoms with Crippen molar-refractivity contribution in [3.8, 4) is 0 Å². The summed E-state index contributed by atoms with van der Waals surface area (Å²) in [5.41, 5.74) is 0. The van der Waals surface area contributed by atoms with Crippen LogP contribution < -0.4 is 0 Å². The molecule has 0 amide bonds. The molecule has 0 aliphatic rings. The van der Waals surface area contributed by atoms with E-state index in [0.717, 1.165) is 108 Å². The van der Waals surface area contributed by atoms with Gasteiger partial charge in [0.25, 0.3) is 0 Å². The number of ether oxygens (including phenoxy) is 4. The summed E-state index contributed by atoms with van der Waals surface area (Å²) in [4.78, 5) is 72.3. The monoisotopic (exact) mass is 1250 g/mol. The van der Waals surface area contributed by atoms with Crippen LogP contribution >= 0.6 is 15.6 Å². The normalized spacial score (nSPS) is 14.3. The fourth-order valence-corrected chi connectivity index (χ4v) is 11.4. The van der Waals surface area contributed by atoms with Crippen molar-refractivity contribution in [2.45, 2.75) is 343 Å². The highest BCUT2D eigenvalue weighted by atomic mass is 31.2. The van der Waals surface area contributed by atoms with E-state index in [-0.39, 0.29) is 25.7 Å². The highest BCUT2D eigenvalue weighted by Crippen LogP contribution is 2.45. The minimum absolute atomic E-state index is 0.104. The van der Waals surface area contributed by atoms with Gasteiger partial charge < -0.3 is 33.8 Å². The maximum absolute atomic E-state index is 13.0. The predicted molar refractivity (Wildman–Crippen MR) is 340 cm³/mol. The lowest BCUT2D eigenvalue weighted by molar-refractivity contribution is -0.161. The fourth-order valence-electron chi connectivity index (χ4n) is 9.83. The summed E-state index contributed by atoms with van der Waals surface area (Å²) in [6.07, 6.45) is 39.0. The van der Waals surface area contributed by atoms with E-state index in [1.165, 1.54) is 135 Å². The summed E-state index contributed by atoms with van der Waals surface area (Å²) < 4.78 is 68.1. The first-order valence-electron chi connectivity index (χ1n) is 34.3. The van der Waals surface area contributed by atoms with Crippen molar-refractivity contribution in [2.24, 2.45) is 17.8 Å². The van der Waals surface area contributed by atoms with Crippen molar-refractivity contribution in [1.82, 2.24) is 0 Å². The molecule has 0 bridgehead atoms. The lowest BCUT2D eigenvalue weighted by Crippen LogP contribution is -2.30. The third kappa shape index (κ3) is 60.7. The van der Waals surface area contributed by atoms with Gasteiger partial charge in [0.1, 0.15) is 19.3 Å². The molecule has 2 unspecified atom stereocenters. The number of phosphoric ester groups is 2. The first-order valence-corrected chi connectivity index (χ1v) is 37.3. The van der Waals surface area contributed by atoms with Gasteiger partial charge >= 0.3 is 39.5 Å². The van der Waals surface area contributed by atoms with Gasteiger partial charge in [0.15, 0.2) is 12.2 Å². The van der Waals surface area contributed by atoms with Crippen LogP contribution in [0.15, 0.2) is 0 Å². The molecule has 5 atom stereocenters. The molecule has 0 aromatic rings. The molecule has 0 aromatic heterocycles. The molecule has 3 N–H and O–H groups in total. The van der Waals surface area contributed by atoms with Gasteiger partial charge in [-0.15, -0.1) is 0 Å². The molecule has 0 saturated carbocycles. The van der Waals surface area contributed by atoms with Gasteiger partial charge in [0.2, 0.25) is 0 Å². The Morgan fingerprint density at radius 2 is 0.541 bits per heavy atom. The summed E-state index contributed by atoms with van der Waals surface area (Å²) in [5.74, 6) is 0.0625. The Hall–Kier alpha value is -1.94. The number of carbonyl (C=O) groups is 4. The van der Waals surface area contributed by atoms with Crippen molar-refractivity contribution in [3.63, 3.8) is 0 Å². The van der Waals surface area contributed by atoms with Crippen LogP contribution in [-0.4, -0.2) is 96.7 Å². The third-order valence-electron chi connectivity index (χ3n) is 15.1. The Bertz CT molecular complexity index is 1680. The van der Waals surface area contributed by atoms with E-state index < -0.39 is 97.5 Å². The fraction of sp³-hybridized carbons (Fsp3) is 0.939. The topological polar surface area (TPSA) is 237 Å². The van der Waals surface area contributed by atoms with Gasteiger partial charge in [-0.1, -0.05) is 273 Å². The van der Waals surface area contributed by atoms with Crippen molar-refractivity contribution in [2.75, 3.05) is 39.6 Å². The Balaban J connectivity index is 5.25. The third-order valence-corrected chi connectivity index (χ3v) is 17.0. The minimum Gasteiger partial charge on any atom is -0.462 e. The van der Waals surface area contributed by atoms with Crippen LogP contribution in [0.25, 0.3) is 0 Å². The highest BCUT2D eigenvalue weighted by Gasteiger charge is 2.30. The van der Waals surface area contributed by atoms with E-state index in [0.29, 0.717) is 25.7 Å². The molecule has 504 valence electrons. The molecule has 0 aliphatic heterocycles. The second-order valence-electron chi connectivity index (χ2n) is 25.3. The Morgan fingerprint density at radius 1 is 0.318 bits per heavy atom. The zero-order valence-electron chi connectivity index (χ0n) is 55.1. The number of carbonyl (C=O) groups excluding carboxylic acids is 4.